The number of halogens is 4. The zero-order chi connectivity index (χ0) is 39.2. The highest BCUT2D eigenvalue weighted by Gasteiger charge is 2.46. The van der Waals surface area contributed by atoms with E-state index in [9.17, 15) is 31.2 Å². The molecule has 1 aromatic heterocycles. The number of carboxylic acid groups (broad SMARTS) is 1. The predicted octanol–water partition coefficient (Wildman–Crippen LogP) is 6.60. The largest absolute Gasteiger partial charge is 0.495 e. The number of pyridine rings is 1. The second-order valence-corrected chi connectivity index (χ2v) is 15.0. The number of aliphatic carboxylic acids is 1. The van der Waals surface area contributed by atoms with Crippen LogP contribution in [0.1, 0.15) is 50.4 Å². The summed E-state index contributed by atoms with van der Waals surface area (Å²) in [7, 11) is -2.28. The number of nitrogens with two attached hydrogens (primary N) is 1. The smallest absolute Gasteiger partial charge is 0.490 e. The van der Waals surface area contributed by atoms with Gasteiger partial charge in [0.25, 0.3) is 0 Å². The first-order valence-electron chi connectivity index (χ1n) is 16.3. The van der Waals surface area contributed by atoms with Crippen molar-refractivity contribution in [3.05, 3.63) is 89.1 Å². The van der Waals surface area contributed by atoms with Gasteiger partial charge in [-0.25, -0.2) is 18.2 Å². The maximum atomic E-state index is 14.8. The molecule has 1 saturated heterocycles. The second-order valence-electron chi connectivity index (χ2n) is 12.2. The molecule has 1 aliphatic heterocycles. The van der Waals surface area contributed by atoms with Crippen molar-refractivity contribution in [1.82, 2.24) is 9.88 Å². The molecule has 1 fully saturated rings. The zero-order valence-electron chi connectivity index (χ0n) is 29.1. The number of benzene rings is 3. The van der Waals surface area contributed by atoms with Crippen molar-refractivity contribution in [2.75, 3.05) is 31.3 Å². The number of esters is 1. The minimum absolute atomic E-state index is 0.0856. The fourth-order valence-corrected chi connectivity index (χ4v) is 7.41. The Morgan fingerprint density at radius 1 is 1.09 bits per heavy atom. The SMILES string of the molecule is CCOC(=O)[C@H]1CCN(C(=O)[C@H](Nc2ccc3c(N)nccc3c2)c2ccc(Cl)c(OC)c2)[C@H]1c1ccccc1S(=O)(=O)C(C)C.O=C(O)C(F)(F)F. The summed E-state index contributed by atoms with van der Waals surface area (Å²) < 4.78 is 69.7. The van der Waals surface area contributed by atoms with Gasteiger partial charge in [-0.2, -0.15) is 13.2 Å². The van der Waals surface area contributed by atoms with Gasteiger partial charge < -0.3 is 30.5 Å². The molecule has 1 aliphatic rings. The predicted molar refractivity (Wildman–Crippen MR) is 192 cm³/mol. The van der Waals surface area contributed by atoms with E-state index in [1.165, 1.54) is 13.2 Å². The minimum Gasteiger partial charge on any atom is -0.495 e. The van der Waals surface area contributed by atoms with E-state index in [-0.39, 0.29) is 24.0 Å². The number of aromatic nitrogens is 1. The van der Waals surface area contributed by atoms with Crippen molar-refractivity contribution in [3.8, 4) is 5.75 Å². The molecule has 2 heterocycles. The summed E-state index contributed by atoms with van der Waals surface area (Å²) in [4.78, 5) is 42.9. The number of methoxy groups -OCH3 is 1. The van der Waals surface area contributed by atoms with Crippen molar-refractivity contribution in [2.24, 2.45) is 5.92 Å². The number of ether oxygens (including phenoxy) is 2. The monoisotopic (exact) mass is 778 g/mol. The normalized spacial score (nSPS) is 16.4. The van der Waals surface area contributed by atoms with Gasteiger partial charge in [-0.05, 0) is 86.2 Å². The summed E-state index contributed by atoms with van der Waals surface area (Å²) in [5.41, 5.74) is 7.63. The summed E-state index contributed by atoms with van der Waals surface area (Å²) in [6, 6.07) is 17.1. The maximum absolute atomic E-state index is 14.8. The Labute approximate surface area is 309 Å². The summed E-state index contributed by atoms with van der Waals surface area (Å²) in [6.07, 6.45) is -3.18. The van der Waals surface area contributed by atoms with E-state index in [1.807, 2.05) is 18.2 Å². The van der Waals surface area contributed by atoms with Gasteiger partial charge in [0.2, 0.25) is 5.91 Å². The molecule has 3 atom stereocenters. The highest BCUT2D eigenvalue weighted by molar-refractivity contribution is 7.92. The van der Waals surface area contributed by atoms with Gasteiger partial charge in [-0.3, -0.25) is 9.59 Å². The second kappa shape index (κ2) is 16.7. The van der Waals surface area contributed by atoms with Crippen LogP contribution < -0.4 is 15.8 Å². The topological polar surface area (TPSA) is 178 Å². The number of carbonyl (C=O) groups excluding carboxylic acids is 2. The van der Waals surface area contributed by atoms with Gasteiger partial charge in [0.1, 0.15) is 17.6 Å². The number of nitrogen functional groups attached to an aromatic ring is 1. The Morgan fingerprint density at radius 3 is 2.40 bits per heavy atom. The molecule has 5 rings (SSSR count). The number of anilines is 2. The van der Waals surface area contributed by atoms with Crippen molar-refractivity contribution >= 4 is 61.6 Å². The molecule has 0 aliphatic carbocycles. The Morgan fingerprint density at radius 2 is 1.77 bits per heavy atom. The van der Waals surface area contributed by atoms with Crippen LogP contribution in [0.2, 0.25) is 5.02 Å². The number of fused-ring (bicyclic) bond motifs is 1. The Bertz CT molecular complexity index is 2100. The maximum Gasteiger partial charge on any atom is 0.490 e. The molecule has 3 aromatic carbocycles. The molecular weight excluding hydrogens is 741 g/mol. The molecule has 17 heteroatoms. The number of amides is 1. The number of likely N-dealkylation sites (tertiary alicyclic amines) is 1. The van der Waals surface area contributed by atoms with E-state index in [4.69, 9.17) is 36.7 Å². The zero-order valence-corrected chi connectivity index (χ0v) is 30.6. The molecule has 0 radical (unpaired) electrons. The highest BCUT2D eigenvalue weighted by atomic mass is 35.5. The molecule has 53 heavy (non-hydrogen) atoms. The molecule has 0 spiro atoms. The standard InChI is InChI=1S/C34H37ClN4O6S.C2HF3O2/c1-5-45-34(41)26-15-17-39(31(26)25-8-6-7-9-29(25)46(42,43)20(2)3)33(40)30(22-10-13-27(35)28(19-22)44-4)38-23-11-12-24-21(18-23)14-16-37-32(24)36;3-2(4,5)1(6)7/h6-14,16,18-20,26,30-31,38H,5,15,17H2,1-4H3,(H2,36,37);(H,6,7)/t26-,30+,31-;/m0./s1. The van der Waals surface area contributed by atoms with E-state index in [0.29, 0.717) is 39.8 Å². The van der Waals surface area contributed by atoms with E-state index in [2.05, 4.69) is 10.3 Å². The average molecular weight is 779 g/mol. The van der Waals surface area contributed by atoms with Gasteiger partial charge in [-0.15, -0.1) is 0 Å². The third-order valence-electron chi connectivity index (χ3n) is 8.54. The number of nitrogens with one attached hydrogen (secondary N) is 1. The third kappa shape index (κ3) is 9.11. The van der Waals surface area contributed by atoms with Crippen LogP contribution in [0, 0.1) is 5.92 Å². The lowest BCUT2D eigenvalue weighted by Crippen LogP contribution is -2.40. The first-order chi connectivity index (χ1) is 24.9. The van der Waals surface area contributed by atoms with Crippen molar-refractivity contribution in [2.45, 2.75) is 55.6 Å². The summed E-state index contributed by atoms with van der Waals surface area (Å²) in [5.74, 6) is -3.62. The number of nitrogens with zero attached hydrogens (tertiary/aromatic N) is 2. The minimum atomic E-state index is -5.08. The summed E-state index contributed by atoms with van der Waals surface area (Å²) in [6.45, 7) is 5.27. The van der Waals surface area contributed by atoms with Gasteiger partial charge in [0, 0.05) is 23.8 Å². The van der Waals surface area contributed by atoms with Gasteiger partial charge >= 0.3 is 18.1 Å². The van der Waals surface area contributed by atoms with Crippen LogP contribution in [0.5, 0.6) is 5.75 Å². The van der Waals surface area contributed by atoms with Crippen molar-refractivity contribution in [1.29, 1.82) is 0 Å². The fraction of sp³-hybridized carbons (Fsp3) is 0.333. The summed E-state index contributed by atoms with van der Waals surface area (Å²) in [5, 5.41) is 11.8. The first kappa shape index (κ1) is 40.7. The number of carboxylic acids is 1. The number of hydrogen-bond acceptors (Lipinski definition) is 10. The summed E-state index contributed by atoms with van der Waals surface area (Å²) >= 11 is 6.35. The van der Waals surface area contributed by atoms with Gasteiger partial charge in [-0.1, -0.05) is 35.9 Å². The van der Waals surface area contributed by atoms with Crippen molar-refractivity contribution < 1.29 is 50.6 Å². The molecule has 0 saturated carbocycles. The number of alkyl halides is 3. The van der Waals surface area contributed by atoms with Crippen LogP contribution >= 0.6 is 11.6 Å². The number of hydrogen-bond donors (Lipinski definition) is 3. The van der Waals surface area contributed by atoms with Crippen LogP contribution in [-0.2, 0) is 29.0 Å². The Kier molecular flexibility index (Phi) is 12.8. The molecular formula is C36H38ClF3N4O8S. The van der Waals surface area contributed by atoms with Crippen molar-refractivity contribution in [3.63, 3.8) is 0 Å². The lowest BCUT2D eigenvalue weighted by Gasteiger charge is -2.33. The Balaban J connectivity index is 0.000000815. The number of rotatable bonds is 10. The first-order valence-corrected chi connectivity index (χ1v) is 18.2. The van der Waals surface area contributed by atoms with Gasteiger partial charge in [0.05, 0.1) is 40.8 Å². The molecule has 1 amide bonds. The lowest BCUT2D eigenvalue weighted by molar-refractivity contribution is -0.192. The lowest BCUT2D eigenvalue weighted by atomic mass is 9.93. The molecule has 4 N–H and O–H groups in total. The molecule has 284 valence electrons. The number of sulfone groups is 1. The highest BCUT2D eigenvalue weighted by Crippen LogP contribution is 2.43. The van der Waals surface area contributed by atoms with Gasteiger partial charge in [0.15, 0.2) is 9.84 Å². The quantitative estimate of drug-likeness (QED) is 0.148. The fourth-order valence-electron chi connectivity index (χ4n) is 5.93. The molecule has 0 bridgehead atoms. The van der Waals surface area contributed by atoms with Crippen LogP contribution in [0.3, 0.4) is 0 Å². The molecule has 12 nitrogen and oxygen atoms in total. The van der Waals surface area contributed by atoms with Crippen LogP contribution in [0.4, 0.5) is 24.7 Å². The molecule has 4 aromatic rings. The average Bonchev–Trinajstić information content (AvgIpc) is 3.56. The third-order valence-corrected chi connectivity index (χ3v) is 11.1. The molecule has 0 unspecified atom stereocenters. The van der Waals surface area contributed by atoms with E-state index >= 15 is 0 Å². The van der Waals surface area contributed by atoms with E-state index in [1.54, 1.807) is 74.3 Å². The van der Waals surface area contributed by atoms with E-state index < -0.39 is 51.2 Å². The Hall–Kier alpha value is -5.09. The van der Waals surface area contributed by atoms with Crippen LogP contribution in [0.15, 0.2) is 77.8 Å². The van der Waals surface area contributed by atoms with E-state index in [0.717, 1.165) is 10.8 Å². The number of carbonyl (C=O) groups is 3. The van der Waals surface area contributed by atoms with Crippen LogP contribution in [-0.4, -0.2) is 72.9 Å². The van der Waals surface area contributed by atoms with Crippen LogP contribution in [0.25, 0.3) is 10.8 Å².